The van der Waals surface area contributed by atoms with E-state index in [1.54, 1.807) is 37.3 Å². The van der Waals surface area contributed by atoms with Crippen LogP contribution >= 0.6 is 0 Å². The number of aliphatic hydroxyl groups excluding tert-OH is 1. The van der Waals surface area contributed by atoms with Crippen LogP contribution in [-0.4, -0.2) is 47.6 Å². The van der Waals surface area contributed by atoms with E-state index in [1.807, 2.05) is 0 Å². The largest absolute Gasteiger partial charge is 0.393 e. The summed E-state index contributed by atoms with van der Waals surface area (Å²) >= 11 is 0. The van der Waals surface area contributed by atoms with Crippen molar-refractivity contribution in [1.82, 2.24) is 9.88 Å². The lowest BCUT2D eigenvalue weighted by atomic mass is 9.82. The van der Waals surface area contributed by atoms with E-state index in [-0.39, 0.29) is 12.0 Å². The first-order chi connectivity index (χ1) is 8.61. The average Bonchev–Trinajstić information content (AvgIpc) is 2.35. The Hall–Kier alpha value is -1.62. The average molecular weight is 249 g/mol. The molecule has 2 N–H and O–H groups in total. The van der Waals surface area contributed by atoms with E-state index in [9.17, 15) is 9.90 Å². The number of anilines is 1. The maximum Gasteiger partial charge on any atom is 0.257 e. The molecule has 1 aliphatic rings. The summed E-state index contributed by atoms with van der Waals surface area (Å²) in [6.45, 7) is 0.688. The summed E-state index contributed by atoms with van der Waals surface area (Å²) in [7, 11) is 3.54. The fourth-order valence-electron chi connectivity index (χ4n) is 2.30. The van der Waals surface area contributed by atoms with Gasteiger partial charge in [0.25, 0.3) is 5.91 Å². The second-order valence-electron chi connectivity index (χ2n) is 4.83. The molecule has 1 amide bonds. The molecule has 1 aliphatic carbocycles. The second-order valence-corrected chi connectivity index (χ2v) is 4.83. The first kappa shape index (κ1) is 12.8. The summed E-state index contributed by atoms with van der Waals surface area (Å²) in [4.78, 5) is 18.1. The van der Waals surface area contributed by atoms with Crippen molar-refractivity contribution in [2.45, 2.75) is 18.9 Å². The molecule has 98 valence electrons. The van der Waals surface area contributed by atoms with Gasteiger partial charge in [0, 0.05) is 26.8 Å². The highest BCUT2D eigenvalue weighted by Crippen LogP contribution is 2.28. The number of nitrogens with zero attached hydrogens (tertiary/aromatic N) is 2. The Morgan fingerprint density at radius 3 is 2.94 bits per heavy atom. The molecule has 0 bridgehead atoms. The molecule has 0 aliphatic heterocycles. The summed E-state index contributed by atoms with van der Waals surface area (Å²) < 4.78 is 0. The third kappa shape index (κ3) is 2.61. The first-order valence-corrected chi connectivity index (χ1v) is 6.18. The summed E-state index contributed by atoms with van der Waals surface area (Å²) in [5.74, 6) is 0.987. The number of carbonyl (C=O) groups is 1. The second kappa shape index (κ2) is 5.35. The van der Waals surface area contributed by atoms with Crippen LogP contribution < -0.4 is 5.32 Å². The van der Waals surface area contributed by atoms with Gasteiger partial charge in [-0.3, -0.25) is 4.79 Å². The number of nitrogens with one attached hydrogen (secondary N) is 1. The van der Waals surface area contributed by atoms with Gasteiger partial charge in [0.05, 0.1) is 11.7 Å². The fraction of sp³-hybridized carbons (Fsp3) is 0.538. The minimum absolute atomic E-state index is 0.0335. The molecular weight excluding hydrogens is 230 g/mol. The van der Waals surface area contributed by atoms with Crippen LogP contribution in [0, 0.1) is 5.92 Å². The van der Waals surface area contributed by atoms with Crippen molar-refractivity contribution in [2.24, 2.45) is 5.92 Å². The van der Waals surface area contributed by atoms with Crippen molar-refractivity contribution in [3.63, 3.8) is 0 Å². The quantitative estimate of drug-likeness (QED) is 0.834. The smallest absolute Gasteiger partial charge is 0.257 e. The normalized spacial score (nSPS) is 22.2. The van der Waals surface area contributed by atoms with Crippen LogP contribution in [0.5, 0.6) is 0 Å². The van der Waals surface area contributed by atoms with E-state index < -0.39 is 0 Å². The Kier molecular flexibility index (Phi) is 3.81. The van der Waals surface area contributed by atoms with Crippen LogP contribution in [0.2, 0.25) is 0 Å². The van der Waals surface area contributed by atoms with Gasteiger partial charge in [-0.05, 0) is 30.9 Å². The van der Waals surface area contributed by atoms with Gasteiger partial charge >= 0.3 is 0 Å². The zero-order chi connectivity index (χ0) is 13.1. The summed E-state index contributed by atoms with van der Waals surface area (Å²) in [6.07, 6.45) is 3.07. The number of aliphatic hydroxyl groups is 1. The monoisotopic (exact) mass is 249 g/mol. The Labute approximate surface area is 107 Å². The highest BCUT2D eigenvalue weighted by atomic mass is 16.3. The molecule has 0 atom stereocenters. The van der Waals surface area contributed by atoms with Crippen LogP contribution in [0.1, 0.15) is 23.2 Å². The van der Waals surface area contributed by atoms with Crippen LogP contribution in [0.4, 0.5) is 5.82 Å². The van der Waals surface area contributed by atoms with Crippen molar-refractivity contribution < 1.29 is 9.90 Å². The predicted octanol–water partition coefficient (Wildman–Crippen LogP) is 0.966. The Morgan fingerprint density at radius 2 is 2.33 bits per heavy atom. The van der Waals surface area contributed by atoms with Crippen LogP contribution in [0.3, 0.4) is 0 Å². The number of aromatic nitrogens is 1. The lowest BCUT2D eigenvalue weighted by Gasteiger charge is -2.34. The number of pyridine rings is 1. The highest BCUT2D eigenvalue weighted by molar-refractivity contribution is 5.98. The lowest BCUT2D eigenvalue weighted by Crippen LogP contribution is -2.39. The minimum Gasteiger partial charge on any atom is -0.393 e. The molecule has 0 unspecified atom stereocenters. The number of hydrogen-bond donors (Lipinski definition) is 2. The molecule has 2 rings (SSSR count). The van der Waals surface area contributed by atoms with Crippen molar-refractivity contribution >= 4 is 11.7 Å². The lowest BCUT2D eigenvalue weighted by molar-refractivity contribution is 0.0265. The topological polar surface area (TPSA) is 65.5 Å². The predicted molar refractivity (Wildman–Crippen MR) is 69.5 cm³/mol. The molecule has 5 nitrogen and oxygen atoms in total. The zero-order valence-electron chi connectivity index (χ0n) is 10.8. The molecule has 0 spiro atoms. The van der Waals surface area contributed by atoms with E-state index in [4.69, 9.17) is 0 Å². The molecule has 5 heteroatoms. The van der Waals surface area contributed by atoms with E-state index in [1.165, 1.54) is 0 Å². The molecule has 0 aromatic carbocycles. The molecule has 1 aromatic heterocycles. The van der Waals surface area contributed by atoms with Crippen molar-refractivity contribution in [3.8, 4) is 0 Å². The summed E-state index contributed by atoms with van der Waals surface area (Å²) in [5.41, 5.74) is 0.586. The van der Waals surface area contributed by atoms with Crippen molar-refractivity contribution in [1.29, 1.82) is 0 Å². The Bertz CT molecular complexity index is 430. The maximum absolute atomic E-state index is 12.3. The number of amides is 1. The van der Waals surface area contributed by atoms with Crippen LogP contribution in [0.15, 0.2) is 18.3 Å². The summed E-state index contributed by atoms with van der Waals surface area (Å²) in [6, 6.07) is 3.53. The van der Waals surface area contributed by atoms with Crippen LogP contribution in [-0.2, 0) is 0 Å². The first-order valence-electron chi connectivity index (χ1n) is 6.18. The molecular formula is C13H19N3O2. The molecule has 0 saturated heterocycles. The maximum atomic E-state index is 12.3. The van der Waals surface area contributed by atoms with E-state index in [0.29, 0.717) is 23.8 Å². The van der Waals surface area contributed by atoms with Gasteiger partial charge in [0.1, 0.15) is 5.82 Å². The molecule has 1 heterocycles. The van der Waals surface area contributed by atoms with Gasteiger partial charge < -0.3 is 15.3 Å². The fourth-order valence-corrected chi connectivity index (χ4v) is 2.30. The molecule has 18 heavy (non-hydrogen) atoms. The van der Waals surface area contributed by atoms with Gasteiger partial charge in [-0.2, -0.15) is 0 Å². The highest BCUT2D eigenvalue weighted by Gasteiger charge is 2.29. The molecule has 1 saturated carbocycles. The zero-order valence-corrected chi connectivity index (χ0v) is 10.8. The third-order valence-corrected chi connectivity index (χ3v) is 3.36. The van der Waals surface area contributed by atoms with E-state index in [0.717, 1.165) is 12.8 Å². The molecule has 1 aromatic rings. The van der Waals surface area contributed by atoms with Gasteiger partial charge in [0.2, 0.25) is 0 Å². The third-order valence-electron chi connectivity index (χ3n) is 3.36. The number of hydrogen-bond acceptors (Lipinski definition) is 4. The Balaban J connectivity index is 2.01. The van der Waals surface area contributed by atoms with Gasteiger partial charge in [-0.25, -0.2) is 4.98 Å². The summed E-state index contributed by atoms with van der Waals surface area (Å²) in [5, 5.41) is 12.2. The van der Waals surface area contributed by atoms with Crippen molar-refractivity contribution in [3.05, 3.63) is 23.9 Å². The van der Waals surface area contributed by atoms with Gasteiger partial charge in [-0.1, -0.05) is 0 Å². The Morgan fingerprint density at radius 1 is 1.61 bits per heavy atom. The number of rotatable bonds is 4. The van der Waals surface area contributed by atoms with E-state index in [2.05, 4.69) is 10.3 Å². The molecule has 1 fully saturated rings. The van der Waals surface area contributed by atoms with Gasteiger partial charge in [-0.15, -0.1) is 0 Å². The van der Waals surface area contributed by atoms with Crippen LogP contribution in [0.25, 0.3) is 0 Å². The SMILES string of the molecule is CNc1ncccc1C(=O)N(C)CC1CC(O)C1. The minimum atomic E-state index is -0.176. The number of carbonyl (C=O) groups excluding carboxylic acids is 1. The van der Waals surface area contributed by atoms with Gasteiger partial charge in [0.15, 0.2) is 0 Å². The van der Waals surface area contributed by atoms with E-state index >= 15 is 0 Å². The standard InChI is InChI=1S/C13H19N3O2/c1-14-12-11(4-3-5-15-12)13(18)16(2)8-9-6-10(17)7-9/h3-5,9-10,17H,6-8H2,1-2H3,(H,14,15). The van der Waals surface area contributed by atoms with Crippen molar-refractivity contribution in [2.75, 3.05) is 26.0 Å². The molecule has 0 radical (unpaired) electrons.